The van der Waals surface area contributed by atoms with Crippen LogP contribution in [0.25, 0.3) is 0 Å². The van der Waals surface area contributed by atoms with Gasteiger partial charge in [0.05, 0.1) is 6.54 Å². The third kappa shape index (κ3) is 6.64. The van der Waals surface area contributed by atoms with Crippen molar-refractivity contribution in [1.82, 2.24) is 10.6 Å². The highest BCUT2D eigenvalue weighted by Crippen LogP contribution is 2.17. The number of rotatable bonds is 7. The summed E-state index contributed by atoms with van der Waals surface area (Å²) in [6.07, 6.45) is 6.84. The van der Waals surface area contributed by atoms with Gasteiger partial charge in [-0.05, 0) is 31.7 Å². The van der Waals surface area contributed by atoms with Crippen LogP contribution in [0.4, 0.5) is 0 Å². The third-order valence-electron chi connectivity index (χ3n) is 3.37. The summed E-state index contributed by atoms with van der Waals surface area (Å²) in [5.74, 6) is 0.524. The van der Waals surface area contributed by atoms with E-state index in [9.17, 15) is 4.79 Å². The summed E-state index contributed by atoms with van der Waals surface area (Å²) in [4.78, 5) is 11.6. The van der Waals surface area contributed by atoms with Gasteiger partial charge in [0.2, 0.25) is 5.91 Å². The highest BCUT2D eigenvalue weighted by molar-refractivity contribution is 5.78. The van der Waals surface area contributed by atoms with Crippen LogP contribution in [0.3, 0.4) is 0 Å². The molecule has 0 aromatic rings. The Bertz CT molecular complexity index is 215. The van der Waals surface area contributed by atoms with E-state index in [2.05, 4.69) is 17.6 Å². The molecule has 0 aliphatic heterocycles. The van der Waals surface area contributed by atoms with Crippen LogP contribution >= 0.6 is 0 Å². The minimum Gasteiger partial charge on any atom is -0.396 e. The average molecular weight is 242 g/mol. The lowest BCUT2D eigenvalue weighted by Crippen LogP contribution is -2.42. The molecule has 17 heavy (non-hydrogen) atoms. The van der Waals surface area contributed by atoms with Crippen LogP contribution in [0.1, 0.15) is 45.4 Å². The molecule has 4 heteroatoms. The molecule has 1 saturated carbocycles. The van der Waals surface area contributed by atoms with E-state index in [1.54, 1.807) is 0 Å². The van der Waals surface area contributed by atoms with Gasteiger partial charge >= 0.3 is 0 Å². The van der Waals surface area contributed by atoms with Crippen LogP contribution in [0.5, 0.6) is 0 Å². The molecule has 4 nitrogen and oxygen atoms in total. The Labute approximate surface area is 104 Å². The number of carbonyl (C=O) groups excluding carboxylic acids is 1. The van der Waals surface area contributed by atoms with Crippen molar-refractivity contribution in [3.05, 3.63) is 0 Å². The second-order valence-electron chi connectivity index (χ2n) is 5.15. The largest absolute Gasteiger partial charge is 0.396 e. The molecule has 0 aromatic carbocycles. The van der Waals surface area contributed by atoms with Crippen LogP contribution in [0.15, 0.2) is 0 Å². The molecule has 0 saturated heterocycles. The molecule has 0 bridgehead atoms. The van der Waals surface area contributed by atoms with E-state index in [0.717, 1.165) is 25.8 Å². The molecule has 1 atom stereocenters. The average Bonchev–Trinajstić information content (AvgIpc) is 2.30. The summed E-state index contributed by atoms with van der Waals surface area (Å²) in [5, 5.41) is 15.0. The maximum absolute atomic E-state index is 11.6. The predicted octanol–water partition coefficient (Wildman–Crippen LogP) is 1.04. The number of hydrogen-bond donors (Lipinski definition) is 3. The normalized spacial score (nSPS) is 18.9. The SMILES string of the molecule is CC(CCO)CNCC(=O)NC1CCCCC1. The molecule has 100 valence electrons. The Hall–Kier alpha value is -0.610. The smallest absolute Gasteiger partial charge is 0.234 e. The fourth-order valence-electron chi connectivity index (χ4n) is 2.28. The molecule has 0 radical (unpaired) electrons. The van der Waals surface area contributed by atoms with E-state index < -0.39 is 0 Å². The summed E-state index contributed by atoms with van der Waals surface area (Å²) in [6.45, 7) is 3.48. The summed E-state index contributed by atoms with van der Waals surface area (Å²) in [6, 6.07) is 0.396. The van der Waals surface area contributed by atoms with Gasteiger partial charge in [0, 0.05) is 12.6 Å². The number of aliphatic hydroxyl groups is 1. The van der Waals surface area contributed by atoms with E-state index in [1.165, 1.54) is 19.3 Å². The lowest BCUT2D eigenvalue weighted by molar-refractivity contribution is -0.121. The molecule has 1 rings (SSSR count). The van der Waals surface area contributed by atoms with E-state index in [-0.39, 0.29) is 12.5 Å². The second-order valence-corrected chi connectivity index (χ2v) is 5.15. The molecule has 0 heterocycles. The van der Waals surface area contributed by atoms with Crippen LogP contribution in [0, 0.1) is 5.92 Å². The van der Waals surface area contributed by atoms with Crippen LogP contribution in [-0.2, 0) is 4.79 Å². The maximum Gasteiger partial charge on any atom is 0.234 e. The van der Waals surface area contributed by atoms with Gasteiger partial charge in [-0.25, -0.2) is 0 Å². The molecular formula is C13H26N2O2. The Morgan fingerprint density at radius 3 is 2.71 bits per heavy atom. The molecule has 1 fully saturated rings. The lowest BCUT2D eigenvalue weighted by atomic mass is 9.95. The van der Waals surface area contributed by atoms with E-state index in [0.29, 0.717) is 18.5 Å². The van der Waals surface area contributed by atoms with E-state index in [4.69, 9.17) is 5.11 Å². The standard InChI is InChI=1S/C13H26N2O2/c1-11(7-8-16)9-14-10-13(17)15-12-5-3-2-4-6-12/h11-12,14,16H,2-10H2,1H3,(H,15,17). The van der Waals surface area contributed by atoms with Gasteiger partial charge in [-0.2, -0.15) is 0 Å². The maximum atomic E-state index is 11.6. The predicted molar refractivity (Wildman–Crippen MR) is 68.8 cm³/mol. The Kier molecular flexibility index (Phi) is 7.21. The number of hydrogen-bond acceptors (Lipinski definition) is 3. The van der Waals surface area contributed by atoms with Gasteiger partial charge < -0.3 is 15.7 Å². The fourth-order valence-corrected chi connectivity index (χ4v) is 2.28. The Morgan fingerprint density at radius 2 is 2.06 bits per heavy atom. The van der Waals surface area contributed by atoms with Crippen molar-refractivity contribution >= 4 is 5.91 Å². The van der Waals surface area contributed by atoms with Gasteiger partial charge in [0.1, 0.15) is 0 Å². The fraction of sp³-hybridized carbons (Fsp3) is 0.923. The number of nitrogens with one attached hydrogen (secondary N) is 2. The summed E-state index contributed by atoms with van der Waals surface area (Å²) in [7, 11) is 0. The summed E-state index contributed by atoms with van der Waals surface area (Å²) >= 11 is 0. The lowest BCUT2D eigenvalue weighted by Gasteiger charge is -2.23. The first kappa shape index (κ1) is 14.5. The molecule has 0 spiro atoms. The van der Waals surface area contributed by atoms with Gasteiger partial charge in [-0.15, -0.1) is 0 Å². The number of amides is 1. The van der Waals surface area contributed by atoms with Crippen molar-refractivity contribution in [2.45, 2.75) is 51.5 Å². The molecule has 1 unspecified atom stereocenters. The number of aliphatic hydroxyl groups excluding tert-OH is 1. The topological polar surface area (TPSA) is 61.4 Å². The van der Waals surface area contributed by atoms with Gasteiger partial charge in [0.15, 0.2) is 0 Å². The highest BCUT2D eigenvalue weighted by atomic mass is 16.3. The van der Waals surface area contributed by atoms with Crippen LogP contribution in [0.2, 0.25) is 0 Å². The molecule has 3 N–H and O–H groups in total. The second kappa shape index (κ2) is 8.48. The first-order chi connectivity index (χ1) is 8.22. The molecule has 1 aliphatic rings. The first-order valence-electron chi connectivity index (χ1n) is 6.83. The molecule has 1 aliphatic carbocycles. The minimum absolute atomic E-state index is 0.105. The number of carbonyl (C=O) groups is 1. The van der Waals surface area contributed by atoms with Crippen molar-refractivity contribution in [3.63, 3.8) is 0 Å². The third-order valence-corrected chi connectivity index (χ3v) is 3.37. The quantitative estimate of drug-likeness (QED) is 0.625. The van der Waals surface area contributed by atoms with E-state index in [1.807, 2.05) is 0 Å². The van der Waals surface area contributed by atoms with Crippen molar-refractivity contribution in [2.75, 3.05) is 19.7 Å². The van der Waals surface area contributed by atoms with Crippen LogP contribution in [-0.4, -0.2) is 36.8 Å². The minimum atomic E-state index is 0.105. The van der Waals surface area contributed by atoms with Crippen molar-refractivity contribution in [1.29, 1.82) is 0 Å². The molecular weight excluding hydrogens is 216 g/mol. The van der Waals surface area contributed by atoms with Gasteiger partial charge in [0.25, 0.3) is 0 Å². The van der Waals surface area contributed by atoms with Crippen molar-refractivity contribution in [2.24, 2.45) is 5.92 Å². The Morgan fingerprint density at radius 1 is 1.35 bits per heavy atom. The van der Waals surface area contributed by atoms with Crippen molar-refractivity contribution in [3.8, 4) is 0 Å². The molecule has 1 amide bonds. The monoisotopic (exact) mass is 242 g/mol. The Balaban J connectivity index is 2.04. The van der Waals surface area contributed by atoms with Gasteiger partial charge in [-0.3, -0.25) is 4.79 Å². The summed E-state index contributed by atoms with van der Waals surface area (Å²) in [5.41, 5.74) is 0. The zero-order chi connectivity index (χ0) is 12.5. The highest BCUT2D eigenvalue weighted by Gasteiger charge is 2.15. The van der Waals surface area contributed by atoms with E-state index >= 15 is 0 Å². The zero-order valence-corrected chi connectivity index (χ0v) is 10.9. The van der Waals surface area contributed by atoms with Crippen molar-refractivity contribution < 1.29 is 9.90 Å². The summed E-state index contributed by atoms with van der Waals surface area (Å²) < 4.78 is 0. The first-order valence-corrected chi connectivity index (χ1v) is 6.83. The van der Waals surface area contributed by atoms with Gasteiger partial charge in [-0.1, -0.05) is 26.2 Å². The zero-order valence-electron chi connectivity index (χ0n) is 10.9. The molecule has 0 aromatic heterocycles. The van der Waals surface area contributed by atoms with Crippen LogP contribution < -0.4 is 10.6 Å².